The van der Waals surface area contributed by atoms with Crippen LogP contribution in [0.2, 0.25) is 0 Å². The van der Waals surface area contributed by atoms with Crippen molar-refractivity contribution in [1.29, 1.82) is 0 Å². The van der Waals surface area contributed by atoms with Crippen molar-refractivity contribution >= 4 is 17.3 Å². The summed E-state index contributed by atoms with van der Waals surface area (Å²) in [7, 11) is 0. The number of nitrogen functional groups attached to an aromatic ring is 1. The first-order valence-electron chi connectivity index (χ1n) is 6.08. The molecule has 1 amide bonds. The van der Waals surface area contributed by atoms with Gasteiger partial charge in [0.1, 0.15) is 12.4 Å². The number of ether oxygens (including phenoxy) is 1. The van der Waals surface area contributed by atoms with Gasteiger partial charge in [0.15, 0.2) is 0 Å². The lowest BCUT2D eigenvalue weighted by molar-refractivity contribution is -0.120. The van der Waals surface area contributed by atoms with E-state index in [9.17, 15) is 9.18 Å². The van der Waals surface area contributed by atoms with Gasteiger partial charge < -0.3 is 15.8 Å². The lowest BCUT2D eigenvalue weighted by atomic mass is 10.2. The topological polar surface area (TPSA) is 64.3 Å². The van der Waals surface area contributed by atoms with Crippen LogP contribution in [0.5, 0.6) is 0 Å². The molecule has 2 rings (SSSR count). The Morgan fingerprint density at radius 3 is 2.94 bits per heavy atom. The van der Waals surface area contributed by atoms with Crippen molar-refractivity contribution in [2.75, 3.05) is 24.3 Å². The molecule has 0 spiro atoms. The molecule has 3 N–H and O–H groups in total. The monoisotopic (exact) mass is 252 g/mol. The predicted molar refractivity (Wildman–Crippen MR) is 67.6 cm³/mol. The molecule has 0 heterocycles. The van der Waals surface area contributed by atoms with Crippen LogP contribution in [0.4, 0.5) is 15.8 Å². The van der Waals surface area contributed by atoms with E-state index < -0.39 is 5.82 Å². The van der Waals surface area contributed by atoms with Gasteiger partial charge in [-0.05, 0) is 30.5 Å². The van der Waals surface area contributed by atoms with Crippen LogP contribution in [0.1, 0.15) is 19.3 Å². The molecule has 0 aliphatic heterocycles. The van der Waals surface area contributed by atoms with E-state index in [2.05, 4.69) is 5.32 Å². The first kappa shape index (κ1) is 12.8. The molecular weight excluding hydrogens is 235 g/mol. The Balaban J connectivity index is 1.70. The quantitative estimate of drug-likeness (QED) is 0.602. The Morgan fingerprint density at radius 1 is 1.50 bits per heavy atom. The average molecular weight is 252 g/mol. The lowest BCUT2D eigenvalue weighted by Gasteiger charge is -2.07. The number of amides is 1. The van der Waals surface area contributed by atoms with Gasteiger partial charge in [-0.25, -0.2) is 4.39 Å². The number of benzene rings is 1. The fraction of sp³-hybridized carbons (Fsp3) is 0.462. The highest BCUT2D eigenvalue weighted by Crippen LogP contribution is 2.32. The van der Waals surface area contributed by atoms with Crippen LogP contribution in [0.25, 0.3) is 0 Å². The van der Waals surface area contributed by atoms with Gasteiger partial charge in [-0.1, -0.05) is 12.8 Å². The van der Waals surface area contributed by atoms with Crippen LogP contribution in [-0.2, 0) is 9.53 Å². The van der Waals surface area contributed by atoms with E-state index in [4.69, 9.17) is 10.5 Å². The second-order valence-corrected chi connectivity index (χ2v) is 4.57. The van der Waals surface area contributed by atoms with E-state index in [-0.39, 0.29) is 18.2 Å². The largest absolute Gasteiger partial charge is 0.396 e. The highest BCUT2D eigenvalue weighted by Gasteiger charge is 2.20. The van der Waals surface area contributed by atoms with Gasteiger partial charge in [-0.15, -0.1) is 0 Å². The number of nitrogens with two attached hydrogens (primary N) is 1. The molecule has 0 bridgehead atoms. The minimum atomic E-state index is -0.492. The Labute approximate surface area is 105 Å². The van der Waals surface area contributed by atoms with Crippen molar-refractivity contribution in [1.82, 2.24) is 0 Å². The van der Waals surface area contributed by atoms with Gasteiger partial charge in [-0.3, -0.25) is 4.79 Å². The van der Waals surface area contributed by atoms with Crippen LogP contribution in [-0.4, -0.2) is 19.1 Å². The number of hydrogen-bond donors (Lipinski definition) is 2. The molecule has 4 nitrogen and oxygen atoms in total. The minimum absolute atomic E-state index is 0.0162. The fourth-order valence-electron chi connectivity index (χ4n) is 1.64. The van der Waals surface area contributed by atoms with Crippen LogP contribution in [0.3, 0.4) is 0 Å². The summed E-state index contributed by atoms with van der Waals surface area (Å²) in [6.45, 7) is 0.633. The predicted octanol–water partition coefficient (Wildman–Crippen LogP) is 2.16. The number of carbonyl (C=O) groups is 1. The van der Waals surface area contributed by atoms with Crippen molar-refractivity contribution in [2.24, 2.45) is 5.92 Å². The third-order valence-corrected chi connectivity index (χ3v) is 2.88. The summed E-state index contributed by atoms with van der Waals surface area (Å²) in [6.07, 6.45) is 3.59. The van der Waals surface area contributed by atoms with Crippen LogP contribution < -0.4 is 11.1 Å². The Morgan fingerprint density at radius 2 is 2.28 bits per heavy atom. The molecule has 1 fully saturated rings. The SMILES string of the molecule is Nc1cc(NC(=O)COCCC2CC2)ccc1F. The molecule has 1 saturated carbocycles. The fourth-order valence-corrected chi connectivity index (χ4v) is 1.64. The van der Waals surface area contributed by atoms with E-state index in [1.165, 1.54) is 31.0 Å². The second kappa shape index (κ2) is 5.82. The number of halogens is 1. The molecule has 18 heavy (non-hydrogen) atoms. The maximum Gasteiger partial charge on any atom is 0.250 e. The zero-order valence-corrected chi connectivity index (χ0v) is 10.1. The summed E-state index contributed by atoms with van der Waals surface area (Å²) in [6, 6.07) is 4.07. The molecule has 1 aromatic carbocycles. The Hall–Kier alpha value is -1.62. The summed E-state index contributed by atoms with van der Waals surface area (Å²) >= 11 is 0. The minimum Gasteiger partial charge on any atom is -0.396 e. The van der Waals surface area contributed by atoms with Crippen LogP contribution >= 0.6 is 0 Å². The van der Waals surface area contributed by atoms with Crippen LogP contribution in [0.15, 0.2) is 18.2 Å². The molecule has 0 saturated heterocycles. The van der Waals surface area contributed by atoms with Crippen LogP contribution in [0, 0.1) is 11.7 Å². The molecule has 0 radical (unpaired) electrons. The lowest BCUT2D eigenvalue weighted by Crippen LogP contribution is -2.18. The van der Waals surface area contributed by atoms with E-state index in [0.29, 0.717) is 12.3 Å². The summed E-state index contributed by atoms with van der Waals surface area (Å²) in [5.74, 6) is 0.0513. The first-order chi connectivity index (χ1) is 8.65. The molecule has 0 aromatic heterocycles. The summed E-state index contributed by atoms with van der Waals surface area (Å²) in [5.41, 5.74) is 5.89. The first-order valence-corrected chi connectivity index (χ1v) is 6.08. The number of rotatable bonds is 6. The summed E-state index contributed by atoms with van der Waals surface area (Å²) < 4.78 is 18.2. The molecule has 1 aliphatic carbocycles. The van der Waals surface area contributed by atoms with E-state index in [1.54, 1.807) is 0 Å². The van der Waals surface area contributed by atoms with Gasteiger partial charge in [0, 0.05) is 12.3 Å². The van der Waals surface area contributed by atoms with Gasteiger partial charge in [0.25, 0.3) is 0 Å². The Bertz CT molecular complexity index is 433. The standard InChI is InChI=1S/C13H17FN2O2/c14-11-4-3-10(7-12(11)15)16-13(17)8-18-6-5-9-1-2-9/h3-4,7,9H,1-2,5-6,8,15H2,(H,16,17). The smallest absolute Gasteiger partial charge is 0.250 e. The number of hydrogen-bond acceptors (Lipinski definition) is 3. The number of carbonyl (C=O) groups excluding carboxylic acids is 1. The van der Waals surface area contributed by atoms with E-state index >= 15 is 0 Å². The van der Waals surface area contributed by atoms with Gasteiger partial charge in [0.05, 0.1) is 5.69 Å². The van der Waals surface area contributed by atoms with Gasteiger partial charge >= 0.3 is 0 Å². The van der Waals surface area contributed by atoms with Crippen molar-refractivity contribution < 1.29 is 13.9 Å². The molecule has 98 valence electrons. The van der Waals surface area contributed by atoms with Crippen molar-refractivity contribution in [3.8, 4) is 0 Å². The normalized spacial score (nSPS) is 14.5. The highest BCUT2D eigenvalue weighted by molar-refractivity contribution is 5.92. The van der Waals surface area contributed by atoms with E-state index in [1.807, 2.05) is 0 Å². The summed E-state index contributed by atoms with van der Waals surface area (Å²) in [5, 5.41) is 2.60. The molecule has 1 aromatic rings. The van der Waals surface area contributed by atoms with Gasteiger partial charge in [0.2, 0.25) is 5.91 Å². The average Bonchev–Trinajstić information content (AvgIpc) is 3.14. The molecule has 5 heteroatoms. The molecule has 0 unspecified atom stereocenters. The Kier molecular flexibility index (Phi) is 4.15. The molecule has 0 atom stereocenters. The zero-order chi connectivity index (χ0) is 13.0. The maximum absolute atomic E-state index is 12.9. The maximum atomic E-state index is 12.9. The number of anilines is 2. The van der Waals surface area contributed by atoms with Crippen molar-refractivity contribution in [3.05, 3.63) is 24.0 Å². The van der Waals surface area contributed by atoms with Gasteiger partial charge in [-0.2, -0.15) is 0 Å². The number of nitrogens with one attached hydrogen (secondary N) is 1. The third kappa shape index (κ3) is 4.00. The van der Waals surface area contributed by atoms with Crippen molar-refractivity contribution in [3.63, 3.8) is 0 Å². The van der Waals surface area contributed by atoms with Crippen molar-refractivity contribution in [2.45, 2.75) is 19.3 Å². The van der Waals surface area contributed by atoms with E-state index in [0.717, 1.165) is 12.3 Å². The summed E-state index contributed by atoms with van der Waals surface area (Å²) in [4.78, 5) is 11.5. The zero-order valence-electron chi connectivity index (χ0n) is 10.1. The molecular formula is C13H17FN2O2. The third-order valence-electron chi connectivity index (χ3n) is 2.88. The second-order valence-electron chi connectivity index (χ2n) is 4.57. The molecule has 1 aliphatic rings. The highest BCUT2D eigenvalue weighted by atomic mass is 19.1.